The molecule has 2 aliphatic rings. The maximum absolute atomic E-state index is 13.2. The molecule has 0 saturated carbocycles. The van der Waals surface area contributed by atoms with Gasteiger partial charge in [-0.15, -0.1) is 0 Å². The molecule has 0 bridgehead atoms. The molecular weight excluding hydrogens is 580 g/mol. The lowest BCUT2D eigenvalue weighted by atomic mass is 9.72. The number of anilines is 1. The third-order valence-corrected chi connectivity index (χ3v) is 10.6. The van der Waals surface area contributed by atoms with Crippen LogP contribution in [-0.2, 0) is 32.2 Å². The fourth-order valence-electron chi connectivity index (χ4n) is 6.58. The van der Waals surface area contributed by atoms with Gasteiger partial charge in [0.15, 0.2) is 14.9 Å². The van der Waals surface area contributed by atoms with Crippen molar-refractivity contribution in [1.82, 2.24) is 15.3 Å². The number of nitrogens with one attached hydrogen (secondary N) is 1. The normalized spacial score (nSPS) is 18.6. The number of piperidine rings is 1. The standard InChI is InChI=1S/C33H48N4O6S/c1-6-8-11-23(7-2)20-26-30(44(41,42)19-14-28(38)39)34-22-27(35-26)37-17-15-33(16-18-37)21-24-12-9-10-13-25(24)29(33)36-31(40)43-32(3,4)5/h9-10,12-13,22-23,29H,6-8,11,14-21H2,1-5H3,(H,36,40)(H,38,39)/t23?,29-/m1/s1. The van der Waals surface area contributed by atoms with Crippen LogP contribution in [0.2, 0.25) is 0 Å². The summed E-state index contributed by atoms with van der Waals surface area (Å²) in [6.45, 7) is 11.1. The third kappa shape index (κ3) is 8.08. The van der Waals surface area contributed by atoms with Crippen LogP contribution in [0.1, 0.15) is 102 Å². The molecule has 11 heteroatoms. The molecule has 1 aliphatic heterocycles. The molecular formula is C33H48N4O6S. The van der Waals surface area contributed by atoms with E-state index in [-0.39, 0.29) is 22.4 Å². The van der Waals surface area contributed by atoms with Crippen molar-refractivity contribution in [1.29, 1.82) is 0 Å². The zero-order valence-corrected chi connectivity index (χ0v) is 27.6. The molecule has 1 aromatic heterocycles. The van der Waals surface area contributed by atoms with Gasteiger partial charge < -0.3 is 20.1 Å². The van der Waals surface area contributed by atoms with Gasteiger partial charge in [-0.3, -0.25) is 4.79 Å². The minimum absolute atomic E-state index is 0.0983. The summed E-state index contributed by atoms with van der Waals surface area (Å²) in [5, 5.41) is 12.2. The fraction of sp³-hybridized carbons (Fsp3) is 0.636. The van der Waals surface area contributed by atoms with Crippen LogP contribution in [0, 0.1) is 11.3 Å². The molecule has 0 radical (unpaired) electrons. The van der Waals surface area contributed by atoms with Crippen molar-refractivity contribution in [2.75, 3.05) is 23.7 Å². The number of benzene rings is 1. The highest BCUT2D eigenvalue weighted by Crippen LogP contribution is 2.52. The number of carbonyl (C=O) groups excluding carboxylic acids is 1. The summed E-state index contributed by atoms with van der Waals surface area (Å²) in [7, 11) is -3.91. The van der Waals surface area contributed by atoms with Crippen LogP contribution < -0.4 is 10.2 Å². The molecule has 10 nitrogen and oxygen atoms in total. The zero-order valence-electron chi connectivity index (χ0n) is 26.8. The number of ether oxygens (including phenoxy) is 1. The first kappa shape index (κ1) is 33.7. The highest BCUT2D eigenvalue weighted by atomic mass is 32.2. The first-order chi connectivity index (χ1) is 20.8. The number of rotatable bonds is 12. The summed E-state index contributed by atoms with van der Waals surface area (Å²) in [6.07, 6.45) is 7.49. The Kier molecular flexibility index (Phi) is 10.6. The molecule has 1 amide bonds. The minimum Gasteiger partial charge on any atom is -0.481 e. The number of amides is 1. The molecule has 1 fully saturated rings. The lowest BCUT2D eigenvalue weighted by Crippen LogP contribution is -2.48. The fourth-order valence-corrected chi connectivity index (χ4v) is 7.91. The van der Waals surface area contributed by atoms with E-state index in [1.54, 1.807) is 0 Å². The molecule has 2 N–H and O–H groups in total. The van der Waals surface area contributed by atoms with Gasteiger partial charge in [-0.25, -0.2) is 23.2 Å². The van der Waals surface area contributed by atoms with E-state index in [1.165, 1.54) is 11.8 Å². The van der Waals surface area contributed by atoms with Crippen LogP contribution in [0.15, 0.2) is 35.5 Å². The van der Waals surface area contributed by atoms with Gasteiger partial charge in [-0.2, -0.15) is 0 Å². The van der Waals surface area contributed by atoms with Gasteiger partial charge in [-0.05, 0) is 63.5 Å². The second kappa shape index (κ2) is 13.8. The van der Waals surface area contributed by atoms with Gasteiger partial charge in [0.25, 0.3) is 0 Å². The predicted octanol–water partition coefficient (Wildman–Crippen LogP) is 5.89. The van der Waals surface area contributed by atoms with Crippen LogP contribution in [-0.4, -0.2) is 60.0 Å². The van der Waals surface area contributed by atoms with Crippen LogP contribution in [0.5, 0.6) is 0 Å². The zero-order chi connectivity index (χ0) is 32.1. The van der Waals surface area contributed by atoms with Gasteiger partial charge in [0, 0.05) is 18.5 Å². The number of hydrogen-bond acceptors (Lipinski definition) is 8. The SMILES string of the molecule is CCCCC(CC)Cc1nc(N2CCC3(CC2)Cc2ccccc2[C@H]3NC(=O)OC(C)(C)C)cnc1S(=O)(=O)CCC(=O)O. The average molecular weight is 629 g/mol. The first-order valence-corrected chi connectivity index (χ1v) is 17.5. The van der Waals surface area contributed by atoms with Crippen molar-refractivity contribution in [3.63, 3.8) is 0 Å². The van der Waals surface area contributed by atoms with Gasteiger partial charge in [0.05, 0.1) is 30.1 Å². The highest BCUT2D eigenvalue weighted by Gasteiger charge is 2.49. The Morgan fingerprint density at radius 2 is 1.89 bits per heavy atom. The molecule has 2 aromatic rings. The average Bonchev–Trinajstić information content (AvgIpc) is 3.25. The van der Waals surface area contributed by atoms with Crippen molar-refractivity contribution in [3.8, 4) is 0 Å². The molecule has 2 heterocycles. The molecule has 1 aliphatic carbocycles. The molecule has 1 saturated heterocycles. The van der Waals surface area contributed by atoms with E-state index in [2.05, 4.69) is 41.2 Å². The monoisotopic (exact) mass is 628 g/mol. The van der Waals surface area contributed by atoms with Gasteiger partial charge >= 0.3 is 12.1 Å². The lowest BCUT2D eigenvalue weighted by Gasteiger charge is -2.44. The number of hydrogen-bond donors (Lipinski definition) is 2. The number of aromatic nitrogens is 2. The Hall–Kier alpha value is -3.21. The van der Waals surface area contributed by atoms with Crippen LogP contribution in [0.3, 0.4) is 0 Å². The number of carboxylic acids is 1. The van der Waals surface area contributed by atoms with E-state index in [1.807, 2.05) is 32.9 Å². The molecule has 44 heavy (non-hydrogen) atoms. The van der Waals surface area contributed by atoms with E-state index in [0.717, 1.165) is 50.5 Å². The van der Waals surface area contributed by atoms with Gasteiger partial charge in [-0.1, -0.05) is 63.8 Å². The number of aliphatic carboxylic acids is 1. The van der Waals surface area contributed by atoms with E-state index < -0.39 is 39.7 Å². The summed E-state index contributed by atoms with van der Waals surface area (Å²) in [4.78, 5) is 35.5. The number of fused-ring (bicyclic) bond motifs is 1. The largest absolute Gasteiger partial charge is 0.481 e. The Morgan fingerprint density at radius 3 is 2.52 bits per heavy atom. The summed E-state index contributed by atoms with van der Waals surface area (Å²) in [5.41, 5.74) is 2.01. The van der Waals surface area contributed by atoms with Crippen LogP contribution in [0.4, 0.5) is 10.6 Å². The Labute approximate surface area is 261 Å². The summed E-state index contributed by atoms with van der Waals surface area (Å²) in [5.74, 6) is -0.780. The van der Waals surface area contributed by atoms with Crippen molar-refractivity contribution in [2.45, 2.75) is 109 Å². The quantitative estimate of drug-likeness (QED) is 0.294. The topological polar surface area (TPSA) is 139 Å². The number of unbranched alkanes of at least 4 members (excludes halogenated alkanes) is 1. The smallest absolute Gasteiger partial charge is 0.408 e. The molecule has 242 valence electrons. The van der Waals surface area contributed by atoms with Crippen molar-refractivity contribution >= 4 is 27.7 Å². The number of sulfone groups is 1. The third-order valence-electron chi connectivity index (χ3n) is 8.96. The van der Waals surface area contributed by atoms with Crippen molar-refractivity contribution < 1.29 is 27.9 Å². The first-order valence-electron chi connectivity index (χ1n) is 15.9. The van der Waals surface area contributed by atoms with E-state index in [0.29, 0.717) is 31.0 Å². The Morgan fingerprint density at radius 1 is 1.18 bits per heavy atom. The van der Waals surface area contributed by atoms with E-state index in [4.69, 9.17) is 14.8 Å². The molecule has 1 aromatic carbocycles. The van der Waals surface area contributed by atoms with Crippen molar-refractivity contribution in [2.24, 2.45) is 11.3 Å². The Bertz CT molecular complexity index is 1430. The van der Waals surface area contributed by atoms with Crippen LogP contribution >= 0.6 is 0 Å². The highest BCUT2D eigenvalue weighted by molar-refractivity contribution is 7.91. The Balaban J connectivity index is 1.58. The molecule has 4 rings (SSSR count). The van der Waals surface area contributed by atoms with Gasteiger partial charge in [0.2, 0.25) is 0 Å². The predicted molar refractivity (Wildman–Crippen MR) is 169 cm³/mol. The number of carbonyl (C=O) groups is 2. The van der Waals surface area contributed by atoms with Crippen molar-refractivity contribution in [3.05, 3.63) is 47.3 Å². The number of nitrogens with zero attached hydrogens (tertiary/aromatic N) is 3. The maximum atomic E-state index is 13.2. The van der Waals surface area contributed by atoms with E-state index in [9.17, 15) is 18.0 Å². The summed E-state index contributed by atoms with van der Waals surface area (Å²) in [6, 6.07) is 8.07. The summed E-state index contributed by atoms with van der Waals surface area (Å²) >= 11 is 0. The summed E-state index contributed by atoms with van der Waals surface area (Å²) < 4.78 is 32.0. The minimum atomic E-state index is -3.91. The van der Waals surface area contributed by atoms with Crippen LogP contribution in [0.25, 0.3) is 0 Å². The van der Waals surface area contributed by atoms with Gasteiger partial charge in [0.1, 0.15) is 11.4 Å². The molecule has 1 spiro atoms. The number of carboxylic acid groups (broad SMARTS) is 1. The lowest BCUT2D eigenvalue weighted by molar-refractivity contribution is -0.136. The molecule has 2 atom stereocenters. The van der Waals surface area contributed by atoms with E-state index >= 15 is 0 Å². The second-order valence-electron chi connectivity index (χ2n) is 13.4. The second-order valence-corrected chi connectivity index (χ2v) is 15.4. The maximum Gasteiger partial charge on any atom is 0.408 e. The number of alkyl carbamates (subject to hydrolysis) is 1. The molecule has 1 unspecified atom stereocenters.